The molecule has 0 unspecified atom stereocenters. The van der Waals surface area contributed by atoms with Gasteiger partial charge in [0.2, 0.25) is 5.95 Å². The highest BCUT2D eigenvalue weighted by Crippen LogP contribution is 2.24. The minimum Gasteiger partial charge on any atom is -0.325 e. The molecule has 0 fully saturated rings. The van der Waals surface area contributed by atoms with Crippen molar-refractivity contribution >= 4 is 11.6 Å². The van der Waals surface area contributed by atoms with E-state index < -0.39 is 0 Å². The number of anilines is 2. The molecule has 0 atom stereocenters. The summed E-state index contributed by atoms with van der Waals surface area (Å²) >= 11 is 0. The Labute approximate surface area is 115 Å². The van der Waals surface area contributed by atoms with Gasteiger partial charge in [-0.1, -0.05) is 39.0 Å². The minimum atomic E-state index is 0.609. The van der Waals surface area contributed by atoms with Crippen LogP contribution in [0.25, 0.3) is 0 Å². The van der Waals surface area contributed by atoms with Gasteiger partial charge in [-0.25, -0.2) is 4.98 Å². The number of hydrogen-bond donors (Lipinski definition) is 1. The van der Waals surface area contributed by atoms with Gasteiger partial charge in [0.15, 0.2) is 0 Å². The molecule has 0 amide bonds. The maximum Gasteiger partial charge on any atom is 0.207 e. The van der Waals surface area contributed by atoms with Crippen LogP contribution in [0, 0.1) is 12.8 Å². The summed E-state index contributed by atoms with van der Waals surface area (Å²) < 4.78 is 2.18. The molecule has 2 rings (SSSR count). The molecule has 0 radical (unpaired) electrons. The Hall–Kier alpha value is -1.77. The lowest BCUT2D eigenvalue weighted by atomic mass is 10.1. The highest BCUT2D eigenvalue weighted by atomic mass is 15.2. The molecule has 0 bridgehead atoms. The molecule has 0 aliphatic heterocycles. The van der Waals surface area contributed by atoms with Gasteiger partial charge in [0.25, 0.3) is 0 Å². The van der Waals surface area contributed by atoms with E-state index in [-0.39, 0.29) is 0 Å². The highest BCUT2D eigenvalue weighted by Gasteiger charge is 2.09. The van der Waals surface area contributed by atoms with E-state index in [1.807, 2.05) is 12.4 Å². The minimum absolute atomic E-state index is 0.609. The van der Waals surface area contributed by atoms with E-state index in [1.165, 1.54) is 16.8 Å². The first kappa shape index (κ1) is 13.7. The van der Waals surface area contributed by atoms with Crippen LogP contribution in [-0.4, -0.2) is 9.55 Å². The monoisotopic (exact) mass is 257 g/mol. The molecular weight excluding hydrogens is 234 g/mol. The number of aromatic nitrogens is 2. The van der Waals surface area contributed by atoms with E-state index >= 15 is 0 Å². The molecule has 2 aromatic rings. The molecule has 0 spiro atoms. The van der Waals surface area contributed by atoms with Crippen molar-refractivity contribution in [3.63, 3.8) is 0 Å². The van der Waals surface area contributed by atoms with Crippen LogP contribution in [0.5, 0.6) is 0 Å². The second kappa shape index (κ2) is 5.91. The second-order valence-electron chi connectivity index (χ2n) is 5.38. The molecule has 1 heterocycles. The third-order valence-corrected chi connectivity index (χ3v) is 3.25. The van der Waals surface area contributed by atoms with Gasteiger partial charge in [0.05, 0.1) is 0 Å². The highest BCUT2D eigenvalue weighted by molar-refractivity contribution is 5.63. The van der Waals surface area contributed by atoms with E-state index in [9.17, 15) is 0 Å². The summed E-state index contributed by atoms with van der Waals surface area (Å²) in [4.78, 5) is 4.43. The number of nitrogens with zero attached hydrogens (tertiary/aromatic N) is 2. The van der Waals surface area contributed by atoms with Crippen LogP contribution in [0.3, 0.4) is 0 Å². The van der Waals surface area contributed by atoms with Gasteiger partial charge in [0, 0.05) is 24.6 Å². The average molecular weight is 257 g/mol. The lowest BCUT2D eigenvalue weighted by Crippen LogP contribution is -2.09. The van der Waals surface area contributed by atoms with Crippen LogP contribution in [0.15, 0.2) is 30.6 Å². The fourth-order valence-electron chi connectivity index (χ4n) is 2.29. The normalized spacial score (nSPS) is 11.0. The molecule has 102 valence electrons. The Morgan fingerprint density at radius 2 is 2.11 bits per heavy atom. The van der Waals surface area contributed by atoms with E-state index in [1.54, 1.807) is 0 Å². The zero-order valence-electron chi connectivity index (χ0n) is 12.3. The Morgan fingerprint density at radius 1 is 1.32 bits per heavy atom. The molecule has 3 heteroatoms. The van der Waals surface area contributed by atoms with Crippen molar-refractivity contribution in [1.29, 1.82) is 0 Å². The summed E-state index contributed by atoms with van der Waals surface area (Å²) in [5.41, 5.74) is 3.79. The molecule has 0 aliphatic rings. The first-order valence-corrected chi connectivity index (χ1v) is 6.98. The van der Waals surface area contributed by atoms with Crippen molar-refractivity contribution in [2.75, 3.05) is 5.32 Å². The molecule has 3 nitrogen and oxygen atoms in total. The van der Waals surface area contributed by atoms with Gasteiger partial charge in [-0.05, 0) is 30.4 Å². The van der Waals surface area contributed by atoms with Crippen molar-refractivity contribution in [3.05, 3.63) is 41.7 Å². The van der Waals surface area contributed by atoms with E-state index in [0.717, 1.165) is 18.9 Å². The van der Waals surface area contributed by atoms with Crippen LogP contribution in [-0.2, 0) is 13.0 Å². The summed E-state index contributed by atoms with van der Waals surface area (Å²) in [6, 6.07) is 6.42. The molecule has 1 aromatic heterocycles. The Bertz CT molecular complexity index is 541. The number of imidazole rings is 1. The van der Waals surface area contributed by atoms with Gasteiger partial charge in [0.1, 0.15) is 0 Å². The Morgan fingerprint density at radius 3 is 2.79 bits per heavy atom. The maximum absolute atomic E-state index is 4.43. The number of nitrogens with one attached hydrogen (secondary N) is 1. The number of para-hydroxylation sites is 1. The average Bonchev–Trinajstić information content (AvgIpc) is 2.78. The van der Waals surface area contributed by atoms with Gasteiger partial charge in [-0.15, -0.1) is 0 Å². The predicted molar refractivity (Wildman–Crippen MR) is 80.9 cm³/mol. The van der Waals surface area contributed by atoms with Crippen molar-refractivity contribution in [1.82, 2.24) is 9.55 Å². The summed E-state index contributed by atoms with van der Waals surface area (Å²) in [5, 5.41) is 3.50. The quantitative estimate of drug-likeness (QED) is 0.872. The Kier molecular flexibility index (Phi) is 4.25. The first-order valence-electron chi connectivity index (χ1n) is 6.98. The molecule has 19 heavy (non-hydrogen) atoms. The van der Waals surface area contributed by atoms with Crippen LogP contribution in [0.4, 0.5) is 11.6 Å². The second-order valence-corrected chi connectivity index (χ2v) is 5.38. The largest absolute Gasteiger partial charge is 0.325 e. The van der Waals surface area contributed by atoms with Crippen LogP contribution in [0.2, 0.25) is 0 Å². The van der Waals surface area contributed by atoms with Crippen molar-refractivity contribution in [3.8, 4) is 0 Å². The zero-order valence-corrected chi connectivity index (χ0v) is 12.3. The summed E-state index contributed by atoms with van der Waals surface area (Å²) in [5.74, 6) is 1.54. The van der Waals surface area contributed by atoms with Gasteiger partial charge in [-0.3, -0.25) is 0 Å². The number of benzene rings is 1. The zero-order chi connectivity index (χ0) is 13.8. The summed E-state index contributed by atoms with van der Waals surface area (Å²) in [7, 11) is 0. The fraction of sp³-hybridized carbons (Fsp3) is 0.438. The first-order chi connectivity index (χ1) is 9.11. The SMILES string of the molecule is CCc1cccc(C)c1Nc1nccn1CC(C)C. The predicted octanol–water partition coefficient (Wildman–Crippen LogP) is 4.15. The molecule has 0 saturated carbocycles. The maximum atomic E-state index is 4.43. The smallest absolute Gasteiger partial charge is 0.207 e. The van der Waals surface area contributed by atoms with Crippen molar-refractivity contribution in [2.24, 2.45) is 5.92 Å². The lowest BCUT2D eigenvalue weighted by Gasteiger charge is -2.16. The molecular formula is C16H23N3. The van der Waals surface area contributed by atoms with E-state index in [4.69, 9.17) is 0 Å². The molecule has 0 aliphatic carbocycles. The van der Waals surface area contributed by atoms with Gasteiger partial charge < -0.3 is 9.88 Å². The third kappa shape index (κ3) is 3.16. The summed E-state index contributed by atoms with van der Waals surface area (Å²) in [6.45, 7) is 9.73. The van der Waals surface area contributed by atoms with Gasteiger partial charge >= 0.3 is 0 Å². The van der Waals surface area contributed by atoms with Crippen LogP contribution < -0.4 is 5.32 Å². The molecule has 1 N–H and O–H groups in total. The lowest BCUT2D eigenvalue weighted by molar-refractivity contribution is 0.527. The molecule has 0 saturated heterocycles. The number of aryl methyl sites for hydroxylation is 2. The van der Waals surface area contributed by atoms with Crippen LogP contribution in [0.1, 0.15) is 31.9 Å². The molecule has 1 aromatic carbocycles. The standard InChI is InChI=1S/C16H23N3/c1-5-14-8-6-7-13(4)15(14)18-16-17-9-10-19(16)11-12(2)3/h6-10,12H,5,11H2,1-4H3,(H,17,18). The van der Waals surface area contributed by atoms with Crippen molar-refractivity contribution < 1.29 is 0 Å². The van der Waals surface area contributed by atoms with E-state index in [2.05, 4.69) is 60.8 Å². The number of hydrogen-bond acceptors (Lipinski definition) is 2. The topological polar surface area (TPSA) is 29.9 Å². The van der Waals surface area contributed by atoms with Crippen molar-refractivity contribution in [2.45, 2.75) is 40.7 Å². The van der Waals surface area contributed by atoms with E-state index in [0.29, 0.717) is 5.92 Å². The fourth-order valence-corrected chi connectivity index (χ4v) is 2.29. The summed E-state index contributed by atoms with van der Waals surface area (Å²) in [6.07, 6.45) is 4.91. The van der Waals surface area contributed by atoms with Crippen LogP contribution >= 0.6 is 0 Å². The Balaban J connectivity index is 2.29. The third-order valence-electron chi connectivity index (χ3n) is 3.25. The van der Waals surface area contributed by atoms with Gasteiger partial charge in [-0.2, -0.15) is 0 Å². The number of rotatable bonds is 5.